The summed E-state index contributed by atoms with van der Waals surface area (Å²) in [6.07, 6.45) is 4.71. The Kier molecular flexibility index (Phi) is 11.4. The van der Waals surface area contributed by atoms with Gasteiger partial charge in [0.05, 0.1) is 0 Å². The van der Waals surface area contributed by atoms with Crippen LogP contribution in [0.4, 0.5) is 34.1 Å². The molecule has 0 bridgehead atoms. The second-order valence-electron chi connectivity index (χ2n) is 20.0. The minimum absolute atomic E-state index is 0.0885. The highest BCUT2D eigenvalue weighted by atomic mass is 15.1. The number of hydrogen-bond donors (Lipinski definition) is 0. The third-order valence-electron chi connectivity index (χ3n) is 15.5. The van der Waals surface area contributed by atoms with E-state index < -0.39 is 0 Å². The molecule has 0 aliphatic heterocycles. The Labute approximate surface area is 404 Å². The predicted molar refractivity (Wildman–Crippen MR) is 288 cm³/mol. The fraction of sp³-hybridized carbons (Fsp3) is 0.182. The third-order valence-corrected chi connectivity index (χ3v) is 15.5. The number of rotatable bonds is 11. The molecule has 0 unspecified atom stereocenters. The van der Waals surface area contributed by atoms with Crippen LogP contribution in [0.1, 0.15) is 75.6 Å². The molecule has 0 radical (unpaired) electrons. The van der Waals surface area contributed by atoms with Crippen molar-refractivity contribution in [3.8, 4) is 33.4 Å². The zero-order valence-electron chi connectivity index (χ0n) is 39.8. The van der Waals surface area contributed by atoms with E-state index in [9.17, 15) is 0 Å². The predicted octanol–water partition coefficient (Wildman–Crippen LogP) is 18.4. The molecule has 2 heteroatoms. The van der Waals surface area contributed by atoms with Crippen molar-refractivity contribution in [3.63, 3.8) is 0 Å². The van der Waals surface area contributed by atoms with Crippen LogP contribution >= 0.6 is 0 Å². The van der Waals surface area contributed by atoms with Crippen LogP contribution in [0, 0.1) is 11.8 Å². The first kappa shape index (κ1) is 43.2. The van der Waals surface area contributed by atoms with Gasteiger partial charge in [-0.3, -0.25) is 0 Å². The van der Waals surface area contributed by atoms with E-state index in [0.29, 0.717) is 5.92 Å². The van der Waals surface area contributed by atoms with E-state index in [1.54, 1.807) is 0 Å². The van der Waals surface area contributed by atoms with Gasteiger partial charge in [-0.05, 0) is 166 Å². The molecular weight excluding hydrogens is 821 g/mol. The van der Waals surface area contributed by atoms with Gasteiger partial charge in [0.25, 0.3) is 0 Å². The number of fused-ring (bicyclic) bond motifs is 3. The van der Waals surface area contributed by atoms with E-state index in [0.717, 1.165) is 47.2 Å². The molecule has 0 aromatic heterocycles. The van der Waals surface area contributed by atoms with E-state index >= 15 is 0 Å². The number of para-hydroxylation sites is 2. The minimum atomic E-state index is -0.153. The van der Waals surface area contributed by atoms with Crippen LogP contribution in [-0.2, 0) is 10.8 Å². The summed E-state index contributed by atoms with van der Waals surface area (Å²) in [4.78, 5) is 4.83. The zero-order valence-corrected chi connectivity index (χ0v) is 39.8. The van der Waals surface area contributed by atoms with Crippen molar-refractivity contribution < 1.29 is 0 Å². The molecule has 9 aromatic carbocycles. The highest BCUT2D eigenvalue weighted by Crippen LogP contribution is 2.54. The Morgan fingerprint density at radius 2 is 0.809 bits per heavy atom. The van der Waals surface area contributed by atoms with E-state index in [1.165, 1.54) is 74.2 Å². The van der Waals surface area contributed by atoms with Gasteiger partial charge in [-0.2, -0.15) is 0 Å². The zero-order chi connectivity index (χ0) is 46.2. The highest BCUT2D eigenvalue weighted by Gasteiger charge is 2.40. The summed E-state index contributed by atoms with van der Waals surface area (Å²) in [7, 11) is 0. The molecule has 0 saturated heterocycles. The van der Waals surface area contributed by atoms with Crippen LogP contribution in [-0.4, -0.2) is 0 Å². The smallest absolute Gasteiger partial charge is 0.0465 e. The van der Waals surface area contributed by atoms with Crippen LogP contribution in [0.2, 0.25) is 0 Å². The maximum Gasteiger partial charge on any atom is 0.0465 e. The Morgan fingerprint density at radius 1 is 0.382 bits per heavy atom. The molecule has 11 rings (SSSR count). The topological polar surface area (TPSA) is 6.48 Å². The van der Waals surface area contributed by atoms with E-state index in [1.807, 2.05) is 0 Å². The van der Waals surface area contributed by atoms with E-state index in [-0.39, 0.29) is 10.8 Å². The van der Waals surface area contributed by atoms with Crippen molar-refractivity contribution in [2.24, 2.45) is 11.8 Å². The van der Waals surface area contributed by atoms with Gasteiger partial charge in [0, 0.05) is 45.0 Å². The fourth-order valence-corrected chi connectivity index (χ4v) is 11.7. The molecule has 0 heterocycles. The van der Waals surface area contributed by atoms with Gasteiger partial charge in [-0.15, -0.1) is 0 Å². The molecule has 0 amide bonds. The molecule has 0 N–H and O–H groups in total. The number of anilines is 6. The normalized spacial score (nSPS) is 17.0. The molecule has 2 nitrogen and oxygen atoms in total. The van der Waals surface area contributed by atoms with Crippen LogP contribution in [0.3, 0.4) is 0 Å². The van der Waals surface area contributed by atoms with Gasteiger partial charge < -0.3 is 9.80 Å². The first-order chi connectivity index (χ1) is 33.3. The summed E-state index contributed by atoms with van der Waals surface area (Å²) >= 11 is 0. The lowest BCUT2D eigenvalue weighted by atomic mass is 9.61. The largest absolute Gasteiger partial charge is 0.311 e. The van der Waals surface area contributed by atoms with E-state index in [2.05, 4.69) is 268 Å². The average molecular weight is 881 g/mol. The van der Waals surface area contributed by atoms with Crippen molar-refractivity contribution in [1.29, 1.82) is 0 Å². The second-order valence-corrected chi connectivity index (χ2v) is 20.0. The molecular formula is C66H60N2. The van der Waals surface area contributed by atoms with Crippen molar-refractivity contribution in [3.05, 3.63) is 253 Å². The van der Waals surface area contributed by atoms with Crippen molar-refractivity contribution >= 4 is 34.1 Å². The summed E-state index contributed by atoms with van der Waals surface area (Å²) in [5, 5.41) is 0. The Morgan fingerprint density at radius 3 is 1.32 bits per heavy atom. The van der Waals surface area contributed by atoms with Crippen LogP contribution in [0.5, 0.6) is 0 Å². The van der Waals surface area contributed by atoms with Crippen LogP contribution in [0.15, 0.2) is 231 Å². The highest BCUT2D eigenvalue weighted by molar-refractivity contribution is 5.94. The maximum absolute atomic E-state index is 2.46. The molecule has 2 aliphatic rings. The monoisotopic (exact) mass is 880 g/mol. The molecule has 68 heavy (non-hydrogen) atoms. The standard InChI is InChI=1S/C66H60N2/c1-47(2)48-42-44-66(45-43-48,52-30-36-57(37-31-52)67(54-22-13-7-14-23-54)56-34-28-50(29-35-56)49-18-9-5-10-19-49)53-32-38-58(39-33-53)68(55-24-15-8-16-25-55)59-40-41-61-63(46-59)65(3,4)62-27-17-26-60(64(61)62)51-20-11-6-12-21-51/h5-41,46-48H,42-45H2,1-4H3. The summed E-state index contributed by atoms with van der Waals surface area (Å²) < 4.78 is 0. The van der Waals surface area contributed by atoms with Crippen molar-refractivity contribution in [2.45, 2.75) is 64.2 Å². The first-order valence-corrected chi connectivity index (χ1v) is 24.7. The number of hydrogen-bond acceptors (Lipinski definition) is 2. The summed E-state index contributed by atoms with van der Waals surface area (Å²) in [5.74, 6) is 1.42. The Bertz CT molecular complexity index is 3130. The quantitative estimate of drug-likeness (QED) is 0.128. The molecule has 2 aliphatic carbocycles. The Hall–Kier alpha value is -7.42. The third kappa shape index (κ3) is 7.82. The van der Waals surface area contributed by atoms with Gasteiger partial charge in [0.2, 0.25) is 0 Å². The van der Waals surface area contributed by atoms with E-state index in [4.69, 9.17) is 0 Å². The summed E-state index contributed by atoms with van der Waals surface area (Å²) in [6.45, 7) is 9.59. The van der Waals surface area contributed by atoms with Gasteiger partial charge in [-0.1, -0.05) is 185 Å². The average Bonchev–Trinajstić information content (AvgIpc) is 3.63. The van der Waals surface area contributed by atoms with Crippen LogP contribution < -0.4 is 9.80 Å². The Balaban J connectivity index is 0.956. The lowest BCUT2D eigenvalue weighted by molar-refractivity contribution is 0.217. The van der Waals surface area contributed by atoms with Crippen molar-refractivity contribution in [2.75, 3.05) is 9.80 Å². The van der Waals surface area contributed by atoms with Gasteiger partial charge in [0.1, 0.15) is 0 Å². The van der Waals surface area contributed by atoms with Gasteiger partial charge in [-0.25, -0.2) is 0 Å². The maximum atomic E-state index is 2.46. The molecule has 9 aromatic rings. The fourth-order valence-electron chi connectivity index (χ4n) is 11.7. The molecule has 1 saturated carbocycles. The lowest BCUT2D eigenvalue weighted by Gasteiger charge is -2.43. The molecule has 334 valence electrons. The minimum Gasteiger partial charge on any atom is -0.311 e. The molecule has 0 spiro atoms. The second kappa shape index (κ2) is 18.0. The number of nitrogens with zero attached hydrogens (tertiary/aromatic N) is 2. The summed E-state index contributed by atoms with van der Waals surface area (Å²) in [5.41, 5.74) is 19.9. The summed E-state index contributed by atoms with van der Waals surface area (Å²) in [6, 6.07) is 85.4. The van der Waals surface area contributed by atoms with Crippen LogP contribution in [0.25, 0.3) is 33.4 Å². The molecule has 1 fully saturated rings. The van der Waals surface area contributed by atoms with Gasteiger partial charge >= 0.3 is 0 Å². The first-order valence-electron chi connectivity index (χ1n) is 24.7. The lowest BCUT2D eigenvalue weighted by Crippen LogP contribution is -2.34. The van der Waals surface area contributed by atoms with Crippen molar-refractivity contribution in [1.82, 2.24) is 0 Å². The number of benzene rings is 9. The SMILES string of the molecule is CC(C)C1CCC(c2ccc(N(c3ccccc3)c3ccc(-c4ccccc4)cc3)cc2)(c2ccc(N(c3ccccc3)c3ccc4c(c3)C(C)(C)c3cccc(-c5ccccc5)c3-4)cc2)CC1. The van der Waals surface area contributed by atoms with Gasteiger partial charge in [0.15, 0.2) is 0 Å². The molecule has 0 atom stereocenters.